The topological polar surface area (TPSA) is 59.8 Å². The summed E-state index contributed by atoms with van der Waals surface area (Å²) in [5.41, 5.74) is 2.51. The van der Waals surface area contributed by atoms with E-state index in [2.05, 4.69) is 15.4 Å². The van der Waals surface area contributed by atoms with Gasteiger partial charge in [0.05, 0.1) is 5.69 Å². The monoisotopic (exact) mass is 338 g/mol. The Hall–Kier alpha value is -3.02. The van der Waals surface area contributed by atoms with Crippen molar-refractivity contribution < 1.29 is 9.18 Å². The summed E-state index contributed by atoms with van der Waals surface area (Å²) in [6, 6.07) is 13.7. The number of carbonyl (C=O) groups is 1. The second kappa shape index (κ2) is 7.25. The Bertz CT molecular complexity index is 887. The molecule has 25 heavy (non-hydrogen) atoms. The Morgan fingerprint density at radius 3 is 2.56 bits per heavy atom. The second-order valence-corrected chi connectivity index (χ2v) is 5.72. The smallest absolute Gasteiger partial charge is 0.290 e. The molecule has 2 aromatic carbocycles. The number of nitrogens with zero attached hydrogens (tertiary/aromatic N) is 3. The molecule has 1 N–H and O–H groups in total. The average Bonchev–Trinajstić information content (AvgIpc) is 3.06. The number of amides is 1. The summed E-state index contributed by atoms with van der Waals surface area (Å²) in [4.78, 5) is 16.7. The Morgan fingerprint density at radius 2 is 1.88 bits per heavy atom. The van der Waals surface area contributed by atoms with Crippen molar-refractivity contribution in [2.45, 2.75) is 20.3 Å². The lowest BCUT2D eigenvalue weighted by Crippen LogP contribution is -2.25. The van der Waals surface area contributed by atoms with E-state index in [1.807, 2.05) is 38.1 Å². The van der Waals surface area contributed by atoms with Gasteiger partial charge in [-0.1, -0.05) is 25.1 Å². The first-order valence-electron chi connectivity index (χ1n) is 8.17. The van der Waals surface area contributed by atoms with Gasteiger partial charge in [0.15, 0.2) is 5.82 Å². The Morgan fingerprint density at radius 1 is 1.16 bits per heavy atom. The molecule has 0 radical (unpaired) electrons. The fourth-order valence-electron chi connectivity index (χ4n) is 2.48. The van der Waals surface area contributed by atoms with Crippen LogP contribution in [0.25, 0.3) is 17.1 Å². The molecule has 0 saturated carbocycles. The predicted octanol–water partition coefficient (Wildman–Crippen LogP) is 3.52. The van der Waals surface area contributed by atoms with Gasteiger partial charge in [-0.3, -0.25) is 4.79 Å². The number of hydrogen-bond donors (Lipinski definition) is 1. The minimum atomic E-state index is -0.327. The number of aryl methyl sites for hydroxylation is 1. The minimum absolute atomic E-state index is 0.0935. The molecule has 0 aliphatic rings. The lowest BCUT2D eigenvalue weighted by atomic mass is 10.1. The van der Waals surface area contributed by atoms with Gasteiger partial charge in [-0.05, 0) is 49.2 Å². The molecule has 1 heterocycles. The molecule has 128 valence electrons. The maximum Gasteiger partial charge on any atom is 0.290 e. The highest BCUT2D eigenvalue weighted by Crippen LogP contribution is 2.23. The van der Waals surface area contributed by atoms with Gasteiger partial charge in [0.25, 0.3) is 5.91 Å². The largest absolute Gasteiger partial charge is 0.349 e. The van der Waals surface area contributed by atoms with E-state index in [1.165, 1.54) is 12.1 Å². The summed E-state index contributed by atoms with van der Waals surface area (Å²) < 4.78 is 14.9. The molecule has 0 unspecified atom stereocenters. The zero-order chi connectivity index (χ0) is 17.8. The molecule has 6 heteroatoms. The third-order valence-corrected chi connectivity index (χ3v) is 3.79. The van der Waals surface area contributed by atoms with E-state index < -0.39 is 0 Å². The van der Waals surface area contributed by atoms with Gasteiger partial charge in [-0.25, -0.2) is 14.1 Å². The van der Waals surface area contributed by atoms with E-state index in [4.69, 9.17) is 0 Å². The number of aromatic nitrogens is 3. The fourth-order valence-corrected chi connectivity index (χ4v) is 2.48. The summed E-state index contributed by atoms with van der Waals surface area (Å²) in [5.74, 6) is -0.0591. The first-order chi connectivity index (χ1) is 12.1. The van der Waals surface area contributed by atoms with Crippen LogP contribution in [0.5, 0.6) is 0 Å². The van der Waals surface area contributed by atoms with Crippen molar-refractivity contribution >= 4 is 5.91 Å². The number of carbonyl (C=O) groups excluding carboxylic acids is 1. The van der Waals surface area contributed by atoms with Crippen molar-refractivity contribution in [1.82, 2.24) is 20.1 Å². The normalized spacial score (nSPS) is 10.7. The molecule has 3 aromatic rings. The van der Waals surface area contributed by atoms with Gasteiger partial charge in [0.2, 0.25) is 5.82 Å². The maximum atomic E-state index is 13.3. The Labute approximate surface area is 145 Å². The molecule has 0 bridgehead atoms. The third-order valence-electron chi connectivity index (χ3n) is 3.79. The highest BCUT2D eigenvalue weighted by molar-refractivity contribution is 5.91. The van der Waals surface area contributed by atoms with E-state index in [0.717, 1.165) is 17.7 Å². The van der Waals surface area contributed by atoms with Crippen molar-refractivity contribution in [3.63, 3.8) is 0 Å². The van der Waals surface area contributed by atoms with E-state index in [0.29, 0.717) is 17.9 Å². The van der Waals surface area contributed by atoms with E-state index in [9.17, 15) is 9.18 Å². The molecular weight excluding hydrogens is 319 g/mol. The lowest BCUT2D eigenvalue weighted by molar-refractivity contribution is 0.0943. The molecule has 1 amide bonds. The SMILES string of the molecule is CCCNC(=O)c1nc(-c2ccc(F)cc2)n(-c2ccccc2C)n1. The molecule has 0 aliphatic heterocycles. The third kappa shape index (κ3) is 3.57. The van der Waals surface area contributed by atoms with Gasteiger partial charge in [0, 0.05) is 12.1 Å². The van der Waals surface area contributed by atoms with Gasteiger partial charge < -0.3 is 5.32 Å². The molecule has 0 fully saturated rings. The summed E-state index contributed by atoms with van der Waals surface area (Å²) in [6.07, 6.45) is 0.828. The molecule has 1 aromatic heterocycles. The number of nitrogens with one attached hydrogen (secondary N) is 1. The van der Waals surface area contributed by atoms with Crippen LogP contribution in [0.15, 0.2) is 48.5 Å². The summed E-state index contributed by atoms with van der Waals surface area (Å²) >= 11 is 0. The summed E-state index contributed by atoms with van der Waals surface area (Å²) in [6.45, 7) is 4.50. The molecule has 0 saturated heterocycles. The van der Waals surface area contributed by atoms with Crippen LogP contribution in [-0.2, 0) is 0 Å². The van der Waals surface area contributed by atoms with Gasteiger partial charge >= 0.3 is 0 Å². The number of para-hydroxylation sites is 1. The first kappa shape index (κ1) is 16.8. The maximum absolute atomic E-state index is 13.3. The molecule has 5 nitrogen and oxygen atoms in total. The van der Waals surface area contributed by atoms with Crippen LogP contribution < -0.4 is 5.32 Å². The van der Waals surface area contributed by atoms with Crippen molar-refractivity contribution in [2.24, 2.45) is 0 Å². The number of rotatable bonds is 5. The molecular formula is C19H19FN4O. The van der Waals surface area contributed by atoms with Crippen LogP contribution in [0.4, 0.5) is 4.39 Å². The van der Waals surface area contributed by atoms with Gasteiger partial charge in [-0.15, -0.1) is 5.10 Å². The quantitative estimate of drug-likeness (QED) is 0.774. The van der Waals surface area contributed by atoms with Crippen LogP contribution in [-0.4, -0.2) is 27.2 Å². The highest BCUT2D eigenvalue weighted by Gasteiger charge is 2.19. The van der Waals surface area contributed by atoms with Crippen LogP contribution in [0.2, 0.25) is 0 Å². The van der Waals surface area contributed by atoms with E-state index in [1.54, 1.807) is 16.8 Å². The first-order valence-corrected chi connectivity index (χ1v) is 8.17. The fraction of sp³-hybridized carbons (Fsp3) is 0.211. The van der Waals surface area contributed by atoms with Crippen LogP contribution in [0.1, 0.15) is 29.5 Å². The van der Waals surface area contributed by atoms with E-state index >= 15 is 0 Å². The second-order valence-electron chi connectivity index (χ2n) is 5.72. The predicted molar refractivity (Wildman–Crippen MR) is 94.1 cm³/mol. The highest BCUT2D eigenvalue weighted by atomic mass is 19.1. The van der Waals surface area contributed by atoms with Crippen LogP contribution >= 0.6 is 0 Å². The lowest BCUT2D eigenvalue weighted by Gasteiger charge is -2.08. The molecule has 0 spiro atoms. The van der Waals surface area contributed by atoms with Crippen molar-refractivity contribution in [3.05, 3.63) is 65.7 Å². The molecule has 0 atom stereocenters. The van der Waals surface area contributed by atoms with Crippen LogP contribution in [0.3, 0.4) is 0 Å². The zero-order valence-corrected chi connectivity index (χ0v) is 14.2. The van der Waals surface area contributed by atoms with Crippen LogP contribution in [0, 0.1) is 12.7 Å². The average molecular weight is 338 g/mol. The summed E-state index contributed by atoms with van der Waals surface area (Å²) in [7, 11) is 0. The van der Waals surface area contributed by atoms with E-state index in [-0.39, 0.29) is 17.5 Å². The van der Waals surface area contributed by atoms with Crippen molar-refractivity contribution in [1.29, 1.82) is 0 Å². The standard InChI is InChI=1S/C19H19FN4O/c1-3-12-21-19(25)17-22-18(14-8-10-15(20)11-9-14)24(23-17)16-7-5-4-6-13(16)2/h4-11H,3,12H2,1-2H3,(H,21,25). The molecule has 3 rings (SSSR count). The number of hydrogen-bond acceptors (Lipinski definition) is 3. The summed E-state index contributed by atoms with van der Waals surface area (Å²) in [5, 5.41) is 7.17. The van der Waals surface area contributed by atoms with Crippen molar-refractivity contribution in [2.75, 3.05) is 6.54 Å². The number of benzene rings is 2. The Balaban J connectivity index is 2.11. The Kier molecular flexibility index (Phi) is 4.88. The van der Waals surface area contributed by atoms with Gasteiger partial charge in [0.1, 0.15) is 5.82 Å². The molecule has 0 aliphatic carbocycles. The van der Waals surface area contributed by atoms with Crippen molar-refractivity contribution in [3.8, 4) is 17.1 Å². The van der Waals surface area contributed by atoms with Gasteiger partial charge in [-0.2, -0.15) is 0 Å². The zero-order valence-electron chi connectivity index (χ0n) is 14.2. The number of halogens is 1. The minimum Gasteiger partial charge on any atom is -0.349 e.